The fourth-order valence-electron chi connectivity index (χ4n) is 2.97. The van der Waals surface area contributed by atoms with Crippen LogP contribution >= 0.6 is 11.8 Å². The first-order valence-corrected chi connectivity index (χ1v) is 11.2. The van der Waals surface area contributed by atoms with E-state index in [9.17, 15) is 4.79 Å². The van der Waals surface area contributed by atoms with Crippen LogP contribution in [0.15, 0.2) is 59.8 Å². The van der Waals surface area contributed by atoms with Gasteiger partial charge in [0.15, 0.2) is 11.0 Å². The van der Waals surface area contributed by atoms with E-state index >= 15 is 0 Å². The molecule has 0 saturated heterocycles. The maximum atomic E-state index is 12.4. The molecule has 0 aliphatic carbocycles. The van der Waals surface area contributed by atoms with Crippen molar-refractivity contribution in [1.29, 1.82) is 0 Å². The Morgan fingerprint density at radius 1 is 1.10 bits per heavy atom. The van der Waals surface area contributed by atoms with Crippen molar-refractivity contribution in [3.8, 4) is 5.75 Å². The Balaban J connectivity index is 1.53. The van der Waals surface area contributed by atoms with Crippen LogP contribution in [0.5, 0.6) is 5.75 Å². The summed E-state index contributed by atoms with van der Waals surface area (Å²) in [6, 6.07) is 17.7. The van der Waals surface area contributed by atoms with Crippen LogP contribution in [0.1, 0.15) is 44.5 Å². The molecule has 30 heavy (non-hydrogen) atoms. The summed E-state index contributed by atoms with van der Waals surface area (Å²) in [7, 11) is 0. The van der Waals surface area contributed by atoms with Gasteiger partial charge in [0, 0.05) is 12.2 Å². The number of para-hydroxylation sites is 1. The molecule has 0 unspecified atom stereocenters. The molecule has 7 heteroatoms. The van der Waals surface area contributed by atoms with E-state index in [4.69, 9.17) is 4.74 Å². The first-order valence-electron chi connectivity index (χ1n) is 10.2. The second-order valence-corrected chi connectivity index (χ2v) is 7.96. The van der Waals surface area contributed by atoms with Gasteiger partial charge in [-0.25, -0.2) is 0 Å². The number of rotatable bonds is 10. The first-order chi connectivity index (χ1) is 14.6. The van der Waals surface area contributed by atoms with Crippen LogP contribution in [0.3, 0.4) is 0 Å². The minimum Gasteiger partial charge on any atom is -0.486 e. The van der Waals surface area contributed by atoms with Crippen molar-refractivity contribution in [3.63, 3.8) is 0 Å². The topological polar surface area (TPSA) is 69.0 Å². The van der Waals surface area contributed by atoms with E-state index in [1.54, 1.807) is 0 Å². The van der Waals surface area contributed by atoms with Crippen LogP contribution in [0.2, 0.25) is 0 Å². The summed E-state index contributed by atoms with van der Waals surface area (Å²) < 4.78 is 7.75. The quantitative estimate of drug-likeness (QED) is 0.457. The van der Waals surface area contributed by atoms with Gasteiger partial charge in [-0.15, -0.1) is 10.2 Å². The number of aromatic nitrogens is 3. The molecule has 0 aliphatic rings. The Kier molecular flexibility index (Phi) is 7.90. The molecule has 0 bridgehead atoms. The van der Waals surface area contributed by atoms with Gasteiger partial charge >= 0.3 is 0 Å². The van der Waals surface area contributed by atoms with Crippen molar-refractivity contribution < 1.29 is 9.53 Å². The summed E-state index contributed by atoms with van der Waals surface area (Å²) >= 11 is 1.37. The standard InChI is InChI=1S/C23H28N4O2S/c1-4-17(3)18-11-13-19(14-12-18)24-22(28)16-30-23-26-25-21(27(23)5-2)15-29-20-9-7-6-8-10-20/h6-14,17H,4-5,15-16H2,1-3H3,(H,24,28)/t17-/m0/s1. The van der Waals surface area contributed by atoms with Crippen LogP contribution in [-0.2, 0) is 17.9 Å². The number of carbonyl (C=O) groups excluding carboxylic acids is 1. The second kappa shape index (κ2) is 10.8. The highest BCUT2D eigenvalue weighted by atomic mass is 32.2. The maximum absolute atomic E-state index is 12.4. The van der Waals surface area contributed by atoms with Crippen molar-refractivity contribution in [2.24, 2.45) is 0 Å². The monoisotopic (exact) mass is 424 g/mol. The highest BCUT2D eigenvalue weighted by Gasteiger charge is 2.14. The number of carbonyl (C=O) groups is 1. The molecule has 1 atom stereocenters. The van der Waals surface area contributed by atoms with Gasteiger partial charge in [0.25, 0.3) is 0 Å². The van der Waals surface area contributed by atoms with Crippen LogP contribution in [0.25, 0.3) is 0 Å². The minimum absolute atomic E-state index is 0.0657. The van der Waals surface area contributed by atoms with E-state index in [1.165, 1.54) is 17.3 Å². The van der Waals surface area contributed by atoms with Crippen molar-refractivity contribution >= 4 is 23.4 Å². The summed E-state index contributed by atoms with van der Waals surface area (Å²) in [5, 5.41) is 12.1. The Labute approximate surface area is 182 Å². The molecule has 0 fully saturated rings. The third-order valence-electron chi connectivity index (χ3n) is 4.93. The number of benzene rings is 2. The molecule has 3 rings (SSSR count). The fraction of sp³-hybridized carbons (Fsp3) is 0.348. The highest BCUT2D eigenvalue weighted by Crippen LogP contribution is 2.22. The molecule has 158 valence electrons. The number of hydrogen-bond acceptors (Lipinski definition) is 5. The third-order valence-corrected chi connectivity index (χ3v) is 5.90. The van der Waals surface area contributed by atoms with Gasteiger partial charge in [0.1, 0.15) is 12.4 Å². The Morgan fingerprint density at radius 3 is 2.50 bits per heavy atom. The number of anilines is 1. The normalized spacial score (nSPS) is 11.8. The number of amides is 1. The largest absolute Gasteiger partial charge is 0.486 e. The summed E-state index contributed by atoms with van der Waals surface area (Å²) in [5.74, 6) is 2.25. The van der Waals surface area contributed by atoms with Gasteiger partial charge in [-0.05, 0) is 49.1 Å². The Bertz CT molecular complexity index is 942. The lowest BCUT2D eigenvalue weighted by Crippen LogP contribution is -2.15. The summed E-state index contributed by atoms with van der Waals surface area (Å²) in [5.41, 5.74) is 2.09. The fourth-order valence-corrected chi connectivity index (χ4v) is 3.79. The highest BCUT2D eigenvalue weighted by molar-refractivity contribution is 7.99. The molecule has 6 nitrogen and oxygen atoms in total. The number of thioether (sulfide) groups is 1. The van der Waals surface area contributed by atoms with Gasteiger partial charge in [0.2, 0.25) is 5.91 Å². The minimum atomic E-state index is -0.0657. The third kappa shape index (κ3) is 5.86. The zero-order valence-electron chi connectivity index (χ0n) is 17.7. The summed E-state index contributed by atoms with van der Waals surface area (Å²) in [6.45, 7) is 7.44. The van der Waals surface area contributed by atoms with Gasteiger partial charge in [-0.3, -0.25) is 4.79 Å². The Morgan fingerprint density at radius 2 is 1.83 bits per heavy atom. The second-order valence-electron chi connectivity index (χ2n) is 7.01. The van der Waals surface area contributed by atoms with Crippen LogP contribution in [0, 0.1) is 0 Å². The molecule has 1 N–H and O–H groups in total. The molecule has 3 aromatic rings. The van der Waals surface area contributed by atoms with Gasteiger partial charge in [-0.2, -0.15) is 0 Å². The van der Waals surface area contributed by atoms with Crippen molar-refractivity contribution in [1.82, 2.24) is 14.8 Å². The van der Waals surface area contributed by atoms with E-state index in [2.05, 4.69) is 41.5 Å². The lowest BCUT2D eigenvalue weighted by atomic mass is 9.99. The van der Waals surface area contributed by atoms with Crippen LogP contribution in [-0.4, -0.2) is 26.4 Å². The summed E-state index contributed by atoms with van der Waals surface area (Å²) in [4.78, 5) is 12.4. The predicted molar refractivity (Wildman–Crippen MR) is 121 cm³/mol. The summed E-state index contributed by atoms with van der Waals surface area (Å²) in [6.07, 6.45) is 1.10. The molecule has 0 saturated carbocycles. The van der Waals surface area contributed by atoms with Gasteiger partial charge in [-0.1, -0.05) is 55.9 Å². The smallest absolute Gasteiger partial charge is 0.234 e. The molecule has 1 aromatic heterocycles. The van der Waals surface area contributed by atoms with Crippen LogP contribution in [0.4, 0.5) is 5.69 Å². The van der Waals surface area contributed by atoms with Gasteiger partial charge in [0.05, 0.1) is 5.75 Å². The average Bonchev–Trinajstić information content (AvgIpc) is 3.18. The number of nitrogens with zero attached hydrogens (tertiary/aromatic N) is 3. The van der Waals surface area contributed by atoms with E-state index in [0.29, 0.717) is 24.2 Å². The molecule has 2 aromatic carbocycles. The molecule has 0 spiro atoms. The van der Waals surface area contributed by atoms with E-state index in [1.807, 2.05) is 54.0 Å². The van der Waals surface area contributed by atoms with Crippen molar-refractivity contribution in [2.45, 2.75) is 51.4 Å². The lowest BCUT2D eigenvalue weighted by Gasteiger charge is -2.11. The molecular weight excluding hydrogens is 396 g/mol. The first kappa shape index (κ1) is 21.9. The van der Waals surface area contributed by atoms with E-state index in [-0.39, 0.29) is 11.7 Å². The zero-order valence-corrected chi connectivity index (χ0v) is 18.5. The van der Waals surface area contributed by atoms with E-state index in [0.717, 1.165) is 23.7 Å². The number of ether oxygens (including phenoxy) is 1. The number of nitrogens with one attached hydrogen (secondary N) is 1. The predicted octanol–water partition coefficient (Wildman–Crippen LogP) is 5.12. The van der Waals surface area contributed by atoms with E-state index < -0.39 is 0 Å². The molecule has 0 aliphatic heterocycles. The Hall–Kier alpha value is -2.80. The molecule has 1 heterocycles. The van der Waals surface area contributed by atoms with Crippen LogP contribution < -0.4 is 10.1 Å². The lowest BCUT2D eigenvalue weighted by molar-refractivity contribution is -0.113. The SMILES string of the molecule is CC[C@H](C)c1ccc(NC(=O)CSc2nnc(COc3ccccc3)n2CC)cc1. The molecule has 1 amide bonds. The average molecular weight is 425 g/mol. The van der Waals surface area contributed by atoms with Crippen molar-refractivity contribution in [3.05, 3.63) is 66.0 Å². The zero-order chi connectivity index (χ0) is 21.3. The molecule has 0 radical (unpaired) electrons. The van der Waals surface area contributed by atoms with Crippen molar-refractivity contribution in [2.75, 3.05) is 11.1 Å². The van der Waals surface area contributed by atoms with Gasteiger partial charge < -0.3 is 14.6 Å². The number of hydrogen-bond donors (Lipinski definition) is 1. The molecular formula is C23H28N4O2S. The maximum Gasteiger partial charge on any atom is 0.234 e.